The highest BCUT2D eigenvalue weighted by Crippen LogP contribution is 2.05. The molecule has 1 aliphatic rings. The van der Waals surface area contributed by atoms with Crippen molar-refractivity contribution >= 4 is 17.6 Å². The highest BCUT2D eigenvalue weighted by atomic mass is 19.1. The maximum atomic E-state index is 13.0. The van der Waals surface area contributed by atoms with E-state index in [1.807, 2.05) is 0 Å². The lowest BCUT2D eigenvalue weighted by molar-refractivity contribution is -0.122. The first-order valence-electron chi connectivity index (χ1n) is 4.12. The van der Waals surface area contributed by atoms with Crippen LogP contribution in [0.25, 0.3) is 0 Å². The molecule has 1 aliphatic heterocycles. The highest BCUT2D eigenvalue weighted by Gasteiger charge is 2.27. The number of anilines is 1. The van der Waals surface area contributed by atoms with Gasteiger partial charge in [-0.2, -0.15) is 14.7 Å². The molecule has 0 fully saturated rings. The van der Waals surface area contributed by atoms with Crippen LogP contribution in [0.1, 0.15) is 0 Å². The van der Waals surface area contributed by atoms with Gasteiger partial charge in [-0.15, -0.1) is 0 Å². The topological polar surface area (TPSA) is 98.3 Å². The smallest absolute Gasteiger partial charge is 0.369 e. The van der Waals surface area contributed by atoms with E-state index in [0.29, 0.717) is 15.9 Å². The minimum Gasteiger partial charge on any atom is -0.381 e. The predicted octanol–water partition coefficient (Wildman–Crippen LogP) is -1.47. The van der Waals surface area contributed by atoms with Gasteiger partial charge in [-0.25, -0.2) is 9.18 Å². The normalized spacial score (nSPS) is 14.9. The maximum absolute atomic E-state index is 13.0. The monoisotopic (exact) mass is 224 g/mol. The van der Waals surface area contributed by atoms with E-state index in [9.17, 15) is 18.8 Å². The first-order chi connectivity index (χ1) is 7.50. The molecule has 16 heavy (non-hydrogen) atoms. The van der Waals surface area contributed by atoms with Crippen molar-refractivity contribution in [2.45, 2.75) is 0 Å². The Morgan fingerprint density at radius 2 is 1.75 bits per heavy atom. The van der Waals surface area contributed by atoms with E-state index < -0.39 is 29.1 Å². The molecule has 7 nitrogen and oxygen atoms in total. The van der Waals surface area contributed by atoms with Gasteiger partial charge >= 0.3 is 5.69 Å². The molecule has 2 amide bonds. The van der Waals surface area contributed by atoms with Crippen molar-refractivity contribution in [2.24, 2.45) is 0 Å². The van der Waals surface area contributed by atoms with E-state index in [4.69, 9.17) is 5.73 Å². The minimum absolute atomic E-state index is 0.456. The number of nitrogens with zero attached hydrogens (tertiary/aromatic N) is 3. The first-order valence-corrected chi connectivity index (χ1v) is 4.12. The van der Waals surface area contributed by atoms with Gasteiger partial charge in [0.25, 0.3) is 11.8 Å². The third kappa shape index (κ3) is 1.36. The van der Waals surface area contributed by atoms with E-state index in [-0.39, 0.29) is 0 Å². The van der Waals surface area contributed by atoms with Crippen molar-refractivity contribution in [2.75, 3.05) is 10.7 Å². The van der Waals surface area contributed by atoms with Crippen LogP contribution < -0.4 is 16.4 Å². The largest absolute Gasteiger partial charge is 0.381 e. The molecule has 82 valence electrons. The fourth-order valence-corrected chi connectivity index (χ4v) is 1.18. The van der Waals surface area contributed by atoms with Gasteiger partial charge in [0.15, 0.2) is 11.6 Å². The molecule has 1 aromatic heterocycles. The zero-order valence-electron chi connectivity index (χ0n) is 7.75. The lowest BCUT2D eigenvalue weighted by atomic mass is 10.5. The van der Waals surface area contributed by atoms with E-state index in [1.54, 1.807) is 0 Å². The molecule has 2 heterocycles. The number of carbonyl (C=O) groups is 2. The number of hydrogen-bond donors (Lipinski definition) is 1. The summed E-state index contributed by atoms with van der Waals surface area (Å²) in [7, 11) is 0. The molecular weight excluding hydrogens is 219 g/mol. The van der Waals surface area contributed by atoms with Crippen LogP contribution in [-0.4, -0.2) is 21.5 Å². The molecule has 0 saturated carbocycles. The molecule has 0 saturated heterocycles. The second kappa shape index (κ2) is 3.26. The number of nitrogen functional groups attached to an aromatic ring is 1. The van der Waals surface area contributed by atoms with Crippen LogP contribution in [0.15, 0.2) is 23.1 Å². The summed E-state index contributed by atoms with van der Waals surface area (Å²) in [6, 6.07) is 0. The van der Waals surface area contributed by atoms with E-state index in [0.717, 1.165) is 12.2 Å². The summed E-state index contributed by atoms with van der Waals surface area (Å²) >= 11 is 0. The molecule has 0 spiro atoms. The van der Waals surface area contributed by atoms with Crippen LogP contribution in [0.2, 0.25) is 0 Å². The number of nitrogens with two attached hydrogens (primary N) is 1. The van der Waals surface area contributed by atoms with Gasteiger partial charge in [-0.1, -0.05) is 0 Å². The number of amides is 2. The van der Waals surface area contributed by atoms with Gasteiger partial charge in [0.05, 0.1) is 6.20 Å². The number of hydrogen-bond acceptors (Lipinski definition) is 5. The molecule has 0 aliphatic carbocycles. The molecule has 0 aromatic carbocycles. The Kier molecular flexibility index (Phi) is 2.04. The molecule has 2 N–H and O–H groups in total. The molecule has 0 unspecified atom stereocenters. The summed E-state index contributed by atoms with van der Waals surface area (Å²) in [6.45, 7) is 0. The number of halogens is 1. The Morgan fingerprint density at radius 3 is 2.31 bits per heavy atom. The first kappa shape index (κ1) is 10.0. The second-order valence-corrected chi connectivity index (χ2v) is 2.92. The molecule has 1 aromatic rings. The van der Waals surface area contributed by atoms with E-state index in [1.165, 1.54) is 0 Å². The van der Waals surface area contributed by atoms with Crippen LogP contribution in [0, 0.1) is 5.82 Å². The molecule has 2 rings (SSSR count). The van der Waals surface area contributed by atoms with E-state index >= 15 is 0 Å². The minimum atomic E-state index is -1.01. The molecule has 0 bridgehead atoms. The quantitative estimate of drug-likeness (QED) is 0.587. The summed E-state index contributed by atoms with van der Waals surface area (Å²) in [4.78, 5) is 36.8. The highest BCUT2D eigenvalue weighted by molar-refractivity contribution is 6.23. The van der Waals surface area contributed by atoms with Gasteiger partial charge in [0.1, 0.15) is 0 Å². The Morgan fingerprint density at radius 1 is 1.19 bits per heavy atom. The van der Waals surface area contributed by atoms with Gasteiger partial charge in [-0.05, 0) is 0 Å². The Bertz CT molecular complexity index is 559. The Balaban J connectivity index is 2.58. The van der Waals surface area contributed by atoms with Gasteiger partial charge in [-0.3, -0.25) is 9.59 Å². The van der Waals surface area contributed by atoms with Crippen molar-refractivity contribution in [3.05, 3.63) is 34.7 Å². The standard InChI is InChI=1S/C8H5FN4O3/c9-4-3-12(8(16)11-7(4)10)13-5(14)1-2-6(13)15/h1-3H,(H2,10,11,16). The third-order valence-corrected chi connectivity index (χ3v) is 1.89. The number of aromatic nitrogens is 2. The molecular formula is C8H5FN4O3. The lowest BCUT2D eigenvalue weighted by Gasteiger charge is -2.15. The molecule has 8 heteroatoms. The van der Waals surface area contributed by atoms with Crippen LogP contribution >= 0.6 is 0 Å². The summed E-state index contributed by atoms with van der Waals surface area (Å²) in [6.07, 6.45) is 2.56. The summed E-state index contributed by atoms with van der Waals surface area (Å²) in [5.74, 6) is -3.09. The van der Waals surface area contributed by atoms with Crippen molar-refractivity contribution < 1.29 is 14.0 Å². The van der Waals surface area contributed by atoms with Crippen molar-refractivity contribution in [3.8, 4) is 0 Å². The van der Waals surface area contributed by atoms with Crippen LogP contribution in [0.3, 0.4) is 0 Å². The Hall–Kier alpha value is -2.51. The van der Waals surface area contributed by atoms with Crippen molar-refractivity contribution in [1.82, 2.24) is 9.66 Å². The van der Waals surface area contributed by atoms with Gasteiger partial charge < -0.3 is 5.73 Å². The molecule has 0 radical (unpaired) electrons. The Labute approximate surface area is 87.6 Å². The molecule has 0 atom stereocenters. The SMILES string of the molecule is Nc1nc(=O)n(N2C(=O)C=CC2=O)cc1F. The van der Waals surface area contributed by atoms with Crippen LogP contribution in [0.5, 0.6) is 0 Å². The number of rotatable bonds is 1. The maximum Gasteiger partial charge on any atom is 0.369 e. The number of imide groups is 1. The van der Waals surface area contributed by atoms with Crippen LogP contribution in [-0.2, 0) is 9.59 Å². The van der Waals surface area contributed by atoms with Crippen molar-refractivity contribution in [1.29, 1.82) is 0 Å². The average Bonchev–Trinajstić information content (AvgIpc) is 2.53. The fourth-order valence-electron chi connectivity index (χ4n) is 1.18. The lowest BCUT2D eigenvalue weighted by Crippen LogP contribution is -2.47. The number of carbonyl (C=O) groups excluding carboxylic acids is 2. The average molecular weight is 224 g/mol. The van der Waals surface area contributed by atoms with Gasteiger partial charge in [0, 0.05) is 12.2 Å². The summed E-state index contributed by atoms with van der Waals surface area (Å²) in [5, 5.41) is 0.456. The van der Waals surface area contributed by atoms with Crippen LogP contribution in [0.4, 0.5) is 10.2 Å². The zero-order valence-corrected chi connectivity index (χ0v) is 7.75. The van der Waals surface area contributed by atoms with E-state index in [2.05, 4.69) is 4.98 Å². The third-order valence-electron chi connectivity index (χ3n) is 1.89. The second-order valence-electron chi connectivity index (χ2n) is 2.92. The predicted molar refractivity (Wildman–Crippen MR) is 50.2 cm³/mol. The summed E-state index contributed by atoms with van der Waals surface area (Å²) < 4.78 is 13.5. The zero-order chi connectivity index (χ0) is 11.9. The fraction of sp³-hybridized carbons (Fsp3) is 0. The summed E-state index contributed by atoms with van der Waals surface area (Å²) in [5.41, 5.74) is 4.04. The van der Waals surface area contributed by atoms with Crippen molar-refractivity contribution in [3.63, 3.8) is 0 Å². The van der Waals surface area contributed by atoms with Gasteiger partial charge in [0.2, 0.25) is 0 Å².